The van der Waals surface area contributed by atoms with Crippen LogP contribution in [-0.4, -0.2) is 50.1 Å². The number of hydrogen-bond donors (Lipinski definition) is 2. The molecule has 5 heterocycles. The fourth-order valence-corrected chi connectivity index (χ4v) is 9.92. The lowest BCUT2D eigenvalue weighted by atomic mass is 9.83. The quantitative estimate of drug-likeness (QED) is 0.117. The van der Waals surface area contributed by atoms with E-state index < -0.39 is 5.97 Å². The molecule has 1 aliphatic heterocycles. The van der Waals surface area contributed by atoms with Crippen LogP contribution in [0, 0.1) is 0 Å². The van der Waals surface area contributed by atoms with E-state index in [1.54, 1.807) is 17.7 Å². The number of rotatable bonds is 12. The summed E-state index contributed by atoms with van der Waals surface area (Å²) in [6.45, 7) is 8.25. The zero-order valence-corrected chi connectivity index (χ0v) is 32.5. The highest BCUT2D eigenvalue weighted by Crippen LogP contribution is 2.39. The molecule has 10 nitrogen and oxygen atoms in total. The van der Waals surface area contributed by atoms with Gasteiger partial charge in [-0.2, -0.15) is 0 Å². The number of aromatic nitrogens is 4. The number of carbonyl (C=O) groups excluding carboxylic acids is 1. The second kappa shape index (κ2) is 14.9. The van der Waals surface area contributed by atoms with Gasteiger partial charge in [-0.25, -0.2) is 24.7 Å². The molecular weight excluding hydrogens is 737 g/mol. The number of carboxylic acid groups (broad SMARTS) is 1. The molecule has 8 rings (SSSR count). The summed E-state index contributed by atoms with van der Waals surface area (Å²) < 4.78 is 8.17. The van der Waals surface area contributed by atoms with Gasteiger partial charge in [0.25, 0.3) is 5.91 Å². The van der Waals surface area contributed by atoms with Gasteiger partial charge in [0, 0.05) is 29.1 Å². The maximum atomic E-state index is 13.5. The predicted molar refractivity (Wildman–Crippen MR) is 218 cm³/mol. The van der Waals surface area contributed by atoms with Crippen LogP contribution in [0.4, 0.5) is 10.3 Å². The fourth-order valence-electron chi connectivity index (χ4n) is 6.72. The van der Waals surface area contributed by atoms with Gasteiger partial charge in [-0.3, -0.25) is 10.1 Å². The van der Waals surface area contributed by atoms with E-state index in [1.807, 2.05) is 66.7 Å². The van der Waals surface area contributed by atoms with Crippen LogP contribution in [0.2, 0.25) is 0 Å². The highest BCUT2D eigenvalue weighted by atomic mass is 32.1. The van der Waals surface area contributed by atoms with E-state index in [1.165, 1.54) is 28.2 Å². The number of para-hydroxylation sites is 1. The van der Waals surface area contributed by atoms with Gasteiger partial charge in [-0.15, -0.1) is 22.7 Å². The van der Waals surface area contributed by atoms with Crippen molar-refractivity contribution in [3.8, 4) is 17.0 Å². The van der Waals surface area contributed by atoms with E-state index in [0.717, 1.165) is 61.4 Å². The van der Waals surface area contributed by atoms with Crippen molar-refractivity contribution in [2.45, 2.75) is 58.4 Å². The summed E-state index contributed by atoms with van der Waals surface area (Å²) in [6, 6.07) is 21.5. The number of fused-ring (bicyclic) bond motifs is 3. The SMILES string of the molecule is CCC(C)(C)c1csc2c(-c3ccc(OCCCc4sc(N5CCc6cccc(C(=O)Nc7nc8ccccc8s7)c6C5)nc4C(=O)O)cc3)ncnc12. The highest BCUT2D eigenvalue weighted by molar-refractivity contribution is 7.22. The van der Waals surface area contributed by atoms with Gasteiger partial charge in [0.15, 0.2) is 16.0 Å². The number of aryl methyl sites for hydroxylation is 1. The number of ether oxygens (including phenoxy) is 1. The third-order valence-corrected chi connectivity index (χ3v) is 13.2. The van der Waals surface area contributed by atoms with Crippen molar-refractivity contribution >= 4 is 76.6 Å². The summed E-state index contributed by atoms with van der Waals surface area (Å²) in [5.74, 6) is -0.527. The molecule has 0 saturated carbocycles. The van der Waals surface area contributed by atoms with Crippen LogP contribution >= 0.6 is 34.0 Å². The summed E-state index contributed by atoms with van der Waals surface area (Å²) in [4.78, 5) is 46.9. The Morgan fingerprint density at radius 2 is 1.83 bits per heavy atom. The molecule has 274 valence electrons. The maximum absolute atomic E-state index is 13.5. The Morgan fingerprint density at radius 3 is 2.63 bits per heavy atom. The minimum absolute atomic E-state index is 0.0378. The number of nitrogens with one attached hydrogen (secondary N) is 1. The molecular formula is C41H38N6O4S3. The van der Waals surface area contributed by atoms with Crippen molar-refractivity contribution < 1.29 is 19.4 Å². The number of nitrogens with zero attached hydrogens (tertiary/aromatic N) is 5. The Balaban J connectivity index is 0.912. The van der Waals surface area contributed by atoms with Crippen molar-refractivity contribution in [2.24, 2.45) is 0 Å². The summed E-state index contributed by atoms with van der Waals surface area (Å²) in [6.07, 6.45) is 4.53. The monoisotopic (exact) mass is 774 g/mol. The Bertz CT molecular complexity index is 2470. The summed E-state index contributed by atoms with van der Waals surface area (Å²) in [5.41, 5.74) is 7.74. The average Bonchev–Trinajstić information content (AvgIpc) is 3.93. The van der Waals surface area contributed by atoms with Crippen molar-refractivity contribution in [3.05, 3.63) is 111 Å². The standard InChI is InChI=1S/C41H38N6O4S3/c1-4-41(2,3)29-22-52-36-33(42-23-43-34(29)36)25-14-16-26(17-15-25)51-20-8-13-32-35(38(49)50)45-40(54-32)47-19-18-24-9-7-10-27(28(24)21-47)37(48)46-39-44-30-11-5-6-12-31(30)53-39/h5-7,9-12,14-17,22-23H,4,8,13,18-21H2,1-3H3,(H,49,50)(H,44,46,48). The zero-order valence-electron chi connectivity index (χ0n) is 30.1. The van der Waals surface area contributed by atoms with Crippen LogP contribution in [0.5, 0.6) is 5.75 Å². The van der Waals surface area contributed by atoms with Crippen molar-refractivity contribution in [1.29, 1.82) is 0 Å². The first-order valence-electron chi connectivity index (χ1n) is 17.9. The van der Waals surface area contributed by atoms with E-state index in [9.17, 15) is 14.7 Å². The highest BCUT2D eigenvalue weighted by Gasteiger charge is 2.27. The lowest BCUT2D eigenvalue weighted by molar-refractivity contribution is 0.0690. The van der Waals surface area contributed by atoms with Crippen molar-refractivity contribution in [2.75, 3.05) is 23.4 Å². The Morgan fingerprint density at radius 1 is 1.00 bits per heavy atom. The molecule has 0 unspecified atom stereocenters. The minimum Gasteiger partial charge on any atom is -0.494 e. The van der Waals surface area contributed by atoms with Crippen LogP contribution in [-0.2, 0) is 24.8 Å². The number of benzene rings is 3. The van der Waals surface area contributed by atoms with E-state index in [4.69, 9.17) is 4.74 Å². The minimum atomic E-state index is -1.05. The molecule has 0 saturated heterocycles. The van der Waals surface area contributed by atoms with Crippen LogP contribution in [0.1, 0.15) is 76.0 Å². The lowest BCUT2D eigenvalue weighted by Gasteiger charge is -2.29. The molecule has 4 aromatic heterocycles. The molecule has 7 aromatic rings. The van der Waals surface area contributed by atoms with Gasteiger partial charge < -0.3 is 14.7 Å². The van der Waals surface area contributed by atoms with Crippen molar-refractivity contribution in [3.63, 3.8) is 0 Å². The van der Waals surface area contributed by atoms with Gasteiger partial charge in [-0.1, -0.05) is 56.4 Å². The molecule has 3 aromatic carbocycles. The van der Waals surface area contributed by atoms with Gasteiger partial charge in [0.2, 0.25) is 0 Å². The number of carbonyl (C=O) groups is 2. The molecule has 0 aliphatic carbocycles. The van der Waals surface area contributed by atoms with Crippen LogP contribution in [0.15, 0.2) is 78.4 Å². The Kier molecular flexibility index (Phi) is 9.86. The lowest BCUT2D eigenvalue weighted by Crippen LogP contribution is -2.32. The van der Waals surface area contributed by atoms with Crippen LogP contribution < -0.4 is 15.0 Å². The molecule has 13 heteroatoms. The number of thiophene rings is 1. The fraction of sp³-hybridized carbons (Fsp3) is 0.268. The third kappa shape index (κ3) is 7.06. The largest absolute Gasteiger partial charge is 0.494 e. The first-order chi connectivity index (χ1) is 26.2. The smallest absolute Gasteiger partial charge is 0.355 e. The molecule has 0 bridgehead atoms. The number of anilines is 2. The van der Waals surface area contributed by atoms with E-state index >= 15 is 0 Å². The molecule has 1 aliphatic rings. The first-order valence-corrected chi connectivity index (χ1v) is 20.4. The molecule has 0 radical (unpaired) electrons. The number of carboxylic acids is 1. The molecule has 1 amide bonds. The number of hydrogen-bond acceptors (Lipinski definition) is 11. The predicted octanol–water partition coefficient (Wildman–Crippen LogP) is 9.64. The number of amides is 1. The number of thiazole rings is 2. The van der Waals surface area contributed by atoms with Crippen molar-refractivity contribution in [1.82, 2.24) is 19.9 Å². The zero-order chi connectivity index (χ0) is 37.4. The van der Waals surface area contributed by atoms with Crippen LogP contribution in [0.25, 0.3) is 31.7 Å². The van der Waals surface area contributed by atoms with E-state index in [0.29, 0.717) is 53.2 Å². The second-order valence-corrected chi connectivity index (χ2v) is 16.9. The Labute approximate surface area is 324 Å². The van der Waals surface area contributed by atoms with Gasteiger partial charge in [0.05, 0.1) is 32.7 Å². The molecule has 0 spiro atoms. The second-order valence-electron chi connectivity index (χ2n) is 13.9. The van der Waals surface area contributed by atoms with Gasteiger partial charge in [-0.05, 0) is 95.6 Å². The summed E-state index contributed by atoms with van der Waals surface area (Å²) in [5, 5.41) is 16.4. The number of aromatic carboxylic acids is 1. The maximum Gasteiger partial charge on any atom is 0.355 e. The topological polar surface area (TPSA) is 130 Å². The van der Waals surface area contributed by atoms with Gasteiger partial charge >= 0.3 is 5.97 Å². The molecule has 54 heavy (non-hydrogen) atoms. The average molecular weight is 775 g/mol. The van der Waals surface area contributed by atoms with Crippen LogP contribution in [0.3, 0.4) is 0 Å². The normalized spacial score (nSPS) is 13.0. The Hall–Kier alpha value is -5.24. The van der Waals surface area contributed by atoms with E-state index in [-0.39, 0.29) is 17.0 Å². The third-order valence-electron chi connectivity index (χ3n) is 10.1. The summed E-state index contributed by atoms with van der Waals surface area (Å²) in [7, 11) is 0. The molecule has 0 fully saturated rings. The summed E-state index contributed by atoms with van der Waals surface area (Å²) >= 11 is 4.52. The van der Waals surface area contributed by atoms with Gasteiger partial charge in [0.1, 0.15) is 12.1 Å². The first kappa shape index (κ1) is 35.8. The van der Waals surface area contributed by atoms with E-state index in [2.05, 4.69) is 56.3 Å². The molecule has 0 atom stereocenters. The molecule has 2 N–H and O–H groups in total.